The molecule has 5 rings (SSSR count). The van der Waals surface area contributed by atoms with Crippen molar-refractivity contribution in [3.05, 3.63) is 46.0 Å². The number of anilines is 1. The van der Waals surface area contributed by atoms with Gasteiger partial charge in [0.2, 0.25) is 0 Å². The van der Waals surface area contributed by atoms with Gasteiger partial charge in [0.1, 0.15) is 0 Å². The average molecular weight is 397 g/mol. The van der Waals surface area contributed by atoms with Gasteiger partial charge in [-0.15, -0.1) is 0 Å². The molecule has 3 aliphatic rings. The lowest BCUT2D eigenvalue weighted by Gasteiger charge is -2.35. The lowest BCUT2D eigenvalue weighted by molar-refractivity contribution is 0.0734. The highest BCUT2D eigenvalue weighted by molar-refractivity contribution is 7.15. The third kappa shape index (κ3) is 3.03. The number of hydrogen-bond acceptors (Lipinski definition) is 5. The van der Waals surface area contributed by atoms with Gasteiger partial charge in [-0.3, -0.25) is 4.79 Å². The molecule has 6 heteroatoms. The molecule has 0 saturated carbocycles. The van der Waals surface area contributed by atoms with Gasteiger partial charge in [-0.05, 0) is 30.4 Å². The zero-order chi connectivity index (χ0) is 19.3. The van der Waals surface area contributed by atoms with Gasteiger partial charge in [0, 0.05) is 48.6 Å². The third-order valence-electron chi connectivity index (χ3n) is 6.42. The van der Waals surface area contributed by atoms with E-state index >= 15 is 0 Å². The zero-order valence-electron chi connectivity index (χ0n) is 16.6. The van der Waals surface area contributed by atoms with E-state index in [9.17, 15) is 4.79 Å². The summed E-state index contributed by atoms with van der Waals surface area (Å²) < 4.78 is 0. The zero-order valence-corrected chi connectivity index (χ0v) is 17.5. The number of piperazine rings is 1. The van der Waals surface area contributed by atoms with Crippen LogP contribution in [0.2, 0.25) is 0 Å². The summed E-state index contributed by atoms with van der Waals surface area (Å²) in [5, 5.41) is 4.72. The predicted molar refractivity (Wildman–Crippen MR) is 113 cm³/mol. The van der Waals surface area contributed by atoms with E-state index in [4.69, 9.17) is 4.98 Å². The Morgan fingerprint density at radius 3 is 2.71 bits per heavy atom. The van der Waals surface area contributed by atoms with Gasteiger partial charge in [-0.2, -0.15) is 0 Å². The van der Waals surface area contributed by atoms with Gasteiger partial charge < -0.3 is 15.1 Å². The van der Waals surface area contributed by atoms with Crippen molar-refractivity contribution >= 4 is 22.4 Å². The van der Waals surface area contributed by atoms with Crippen molar-refractivity contribution in [2.24, 2.45) is 0 Å². The van der Waals surface area contributed by atoms with Crippen LogP contribution >= 0.6 is 11.3 Å². The molecule has 2 fully saturated rings. The fourth-order valence-electron chi connectivity index (χ4n) is 4.92. The summed E-state index contributed by atoms with van der Waals surface area (Å²) >= 11 is 1.81. The number of fused-ring (bicyclic) bond motifs is 3. The number of nitrogens with one attached hydrogen (secondary N) is 1. The molecule has 0 aliphatic carbocycles. The highest BCUT2D eigenvalue weighted by atomic mass is 32.1. The molecular weight excluding hydrogens is 368 g/mol. The number of amides is 1. The summed E-state index contributed by atoms with van der Waals surface area (Å²) in [5.74, 6) is 0.505. The Hall–Kier alpha value is -1.92. The number of aromatic nitrogens is 1. The number of rotatable bonds is 3. The Balaban J connectivity index is 1.38. The van der Waals surface area contributed by atoms with Crippen LogP contribution in [0.25, 0.3) is 0 Å². The lowest BCUT2D eigenvalue weighted by atomic mass is 9.96. The molecule has 2 unspecified atom stereocenters. The standard InChI is InChI=1S/C22H28N4OS/c1-14(2)17-5-3-4-6-18(17)21(27)25-10-9-19-20(13-25)28-22(24-19)26-15-7-8-16(26)12-23-11-15/h3-6,14-16,23H,7-13H2,1-2H3. The first-order valence-corrected chi connectivity index (χ1v) is 11.3. The van der Waals surface area contributed by atoms with Crippen molar-refractivity contribution < 1.29 is 4.79 Å². The third-order valence-corrected chi connectivity index (χ3v) is 7.52. The Morgan fingerprint density at radius 2 is 1.96 bits per heavy atom. The summed E-state index contributed by atoms with van der Waals surface area (Å²) in [6.45, 7) is 7.89. The van der Waals surface area contributed by atoms with Crippen LogP contribution in [0.15, 0.2) is 24.3 Å². The molecule has 28 heavy (non-hydrogen) atoms. The SMILES string of the molecule is CC(C)c1ccccc1C(=O)N1CCc2nc(N3C4CCC3CNC4)sc2C1. The summed E-state index contributed by atoms with van der Waals surface area (Å²) in [7, 11) is 0. The van der Waals surface area contributed by atoms with Crippen LogP contribution in [-0.2, 0) is 13.0 Å². The molecular formula is C22H28N4OS. The number of thiazole rings is 1. The first kappa shape index (κ1) is 18.1. The maximum Gasteiger partial charge on any atom is 0.254 e. The van der Waals surface area contributed by atoms with E-state index in [1.807, 2.05) is 34.4 Å². The van der Waals surface area contributed by atoms with Gasteiger partial charge in [0.25, 0.3) is 5.91 Å². The van der Waals surface area contributed by atoms with Crippen molar-refractivity contribution in [1.82, 2.24) is 15.2 Å². The smallest absolute Gasteiger partial charge is 0.254 e. The van der Waals surface area contributed by atoms with E-state index in [-0.39, 0.29) is 5.91 Å². The maximum absolute atomic E-state index is 13.2. The van der Waals surface area contributed by atoms with Gasteiger partial charge >= 0.3 is 0 Å². The molecule has 4 heterocycles. The summed E-state index contributed by atoms with van der Waals surface area (Å²) in [5.41, 5.74) is 3.20. The van der Waals surface area contributed by atoms with Crippen LogP contribution in [0, 0.1) is 0 Å². The molecule has 5 nitrogen and oxygen atoms in total. The monoisotopic (exact) mass is 396 g/mol. The van der Waals surface area contributed by atoms with E-state index in [0.29, 0.717) is 24.5 Å². The number of carbonyl (C=O) groups excluding carboxylic acids is 1. The van der Waals surface area contributed by atoms with Gasteiger partial charge in [0.15, 0.2) is 5.13 Å². The molecule has 3 aliphatic heterocycles. The highest BCUT2D eigenvalue weighted by Crippen LogP contribution is 2.38. The minimum Gasteiger partial charge on any atom is -0.340 e. The Bertz CT molecular complexity index is 876. The molecule has 1 amide bonds. The van der Waals surface area contributed by atoms with E-state index in [0.717, 1.165) is 37.2 Å². The molecule has 2 aromatic rings. The average Bonchev–Trinajstić information content (AvgIpc) is 3.23. The Morgan fingerprint density at radius 1 is 1.21 bits per heavy atom. The van der Waals surface area contributed by atoms with Crippen LogP contribution in [0.3, 0.4) is 0 Å². The number of nitrogens with zero attached hydrogens (tertiary/aromatic N) is 3. The molecule has 2 saturated heterocycles. The van der Waals surface area contributed by atoms with Crippen molar-refractivity contribution in [3.63, 3.8) is 0 Å². The van der Waals surface area contributed by atoms with Crippen molar-refractivity contribution in [2.45, 2.75) is 57.7 Å². The minimum absolute atomic E-state index is 0.159. The number of hydrogen-bond donors (Lipinski definition) is 1. The van der Waals surface area contributed by atoms with Crippen LogP contribution in [0.4, 0.5) is 5.13 Å². The molecule has 1 N–H and O–H groups in total. The number of benzene rings is 1. The van der Waals surface area contributed by atoms with E-state index in [1.165, 1.54) is 28.5 Å². The molecule has 2 atom stereocenters. The minimum atomic E-state index is 0.159. The van der Waals surface area contributed by atoms with Gasteiger partial charge in [-0.1, -0.05) is 43.4 Å². The topological polar surface area (TPSA) is 48.5 Å². The highest BCUT2D eigenvalue weighted by Gasteiger charge is 2.39. The van der Waals surface area contributed by atoms with Crippen LogP contribution in [0.1, 0.15) is 59.1 Å². The van der Waals surface area contributed by atoms with Crippen molar-refractivity contribution in [3.8, 4) is 0 Å². The first-order chi connectivity index (χ1) is 13.6. The predicted octanol–water partition coefficient (Wildman–Crippen LogP) is 3.41. The molecule has 2 bridgehead atoms. The second-order valence-electron chi connectivity index (χ2n) is 8.54. The first-order valence-electron chi connectivity index (χ1n) is 10.5. The molecule has 1 aromatic heterocycles. The van der Waals surface area contributed by atoms with Crippen LogP contribution in [-0.4, -0.2) is 47.5 Å². The Labute approximate surface area is 170 Å². The van der Waals surface area contributed by atoms with Crippen molar-refractivity contribution in [2.75, 3.05) is 24.5 Å². The lowest BCUT2D eigenvalue weighted by Crippen LogP contribution is -2.51. The summed E-state index contributed by atoms with van der Waals surface area (Å²) in [4.78, 5) is 24.1. The second kappa shape index (κ2) is 7.16. The van der Waals surface area contributed by atoms with Gasteiger partial charge in [0.05, 0.1) is 12.2 Å². The van der Waals surface area contributed by atoms with Crippen LogP contribution < -0.4 is 10.2 Å². The Kier molecular flexibility index (Phi) is 4.63. The van der Waals surface area contributed by atoms with E-state index in [2.05, 4.69) is 30.1 Å². The molecule has 0 spiro atoms. The second-order valence-corrected chi connectivity index (χ2v) is 9.60. The fourth-order valence-corrected chi connectivity index (χ4v) is 6.19. The number of carbonyl (C=O) groups is 1. The van der Waals surface area contributed by atoms with E-state index in [1.54, 1.807) is 0 Å². The maximum atomic E-state index is 13.2. The van der Waals surface area contributed by atoms with E-state index < -0.39 is 0 Å². The molecule has 0 radical (unpaired) electrons. The normalized spacial score (nSPS) is 24.0. The van der Waals surface area contributed by atoms with Crippen molar-refractivity contribution in [1.29, 1.82) is 0 Å². The summed E-state index contributed by atoms with van der Waals surface area (Å²) in [6.07, 6.45) is 3.39. The summed E-state index contributed by atoms with van der Waals surface area (Å²) in [6, 6.07) is 9.23. The largest absolute Gasteiger partial charge is 0.340 e. The fraction of sp³-hybridized carbons (Fsp3) is 0.545. The molecule has 1 aromatic carbocycles. The van der Waals surface area contributed by atoms with Gasteiger partial charge in [-0.25, -0.2) is 4.98 Å². The quantitative estimate of drug-likeness (QED) is 0.864. The molecule has 148 valence electrons. The van der Waals surface area contributed by atoms with Crippen LogP contribution in [0.5, 0.6) is 0 Å².